The van der Waals surface area contributed by atoms with Crippen LogP contribution in [0.2, 0.25) is 0 Å². The second kappa shape index (κ2) is 9.11. The molecule has 7 nitrogen and oxygen atoms in total. The van der Waals surface area contributed by atoms with E-state index >= 15 is 0 Å². The lowest BCUT2D eigenvalue weighted by atomic mass is 9.94. The molecule has 1 fully saturated rings. The van der Waals surface area contributed by atoms with E-state index in [0.717, 1.165) is 33.8 Å². The van der Waals surface area contributed by atoms with Crippen LogP contribution in [0.5, 0.6) is 17.2 Å². The maximum atomic E-state index is 11.7. The molecule has 4 rings (SSSR count). The lowest BCUT2D eigenvalue weighted by molar-refractivity contribution is -0.143. The Morgan fingerprint density at radius 3 is 2.58 bits per heavy atom. The van der Waals surface area contributed by atoms with Crippen molar-refractivity contribution in [1.29, 1.82) is 0 Å². The highest BCUT2D eigenvalue weighted by atomic mass is 32.1. The molecule has 0 aliphatic carbocycles. The highest BCUT2D eigenvalue weighted by molar-refractivity contribution is 7.18. The third kappa shape index (κ3) is 4.05. The van der Waals surface area contributed by atoms with Gasteiger partial charge in [-0.05, 0) is 43.7 Å². The van der Waals surface area contributed by atoms with Crippen LogP contribution in [0.1, 0.15) is 29.5 Å². The van der Waals surface area contributed by atoms with E-state index in [9.17, 15) is 9.90 Å². The van der Waals surface area contributed by atoms with Gasteiger partial charge in [0.05, 0.1) is 43.5 Å². The molecule has 0 bridgehead atoms. The van der Waals surface area contributed by atoms with Crippen LogP contribution in [0.4, 0.5) is 0 Å². The standard InChI is InChI=1S/C23H26N2O5S/c1-28-17-11-10-15(20(29-2)21(17)30-3)19(25-12-6-7-14(13-25)23(26)27)22-24-16-8-4-5-9-18(16)31-22/h4-5,8-11,14,19H,6-7,12-13H2,1-3H3,(H,26,27). The first-order valence-electron chi connectivity index (χ1n) is 10.2. The van der Waals surface area contributed by atoms with Crippen molar-refractivity contribution >= 4 is 27.5 Å². The van der Waals surface area contributed by atoms with Gasteiger partial charge in [-0.15, -0.1) is 11.3 Å². The van der Waals surface area contributed by atoms with Gasteiger partial charge in [0.2, 0.25) is 5.75 Å². The van der Waals surface area contributed by atoms with Crippen molar-refractivity contribution in [3.63, 3.8) is 0 Å². The molecule has 8 heteroatoms. The zero-order chi connectivity index (χ0) is 22.0. The number of fused-ring (bicyclic) bond motifs is 1. The minimum Gasteiger partial charge on any atom is -0.493 e. The van der Waals surface area contributed by atoms with Gasteiger partial charge in [-0.25, -0.2) is 4.98 Å². The van der Waals surface area contributed by atoms with Crippen molar-refractivity contribution in [3.8, 4) is 17.2 Å². The summed E-state index contributed by atoms with van der Waals surface area (Å²) in [5.41, 5.74) is 1.81. The number of rotatable bonds is 7. The van der Waals surface area contributed by atoms with Crippen molar-refractivity contribution in [2.45, 2.75) is 18.9 Å². The number of thiazole rings is 1. The molecule has 0 radical (unpaired) electrons. The van der Waals surface area contributed by atoms with Crippen molar-refractivity contribution < 1.29 is 24.1 Å². The van der Waals surface area contributed by atoms with Gasteiger partial charge in [-0.3, -0.25) is 9.69 Å². The van der Waals surface area contributed by atoms with Gasteiger partial charge in [0.15, 0.2) is 11.5 Å². The first-order chi connectivity index (χ1) is 15.1. The van der Waals surface area contributed by atoms with E-state index in [2.05, 4.69) is 11.0 Å². The van der Waals surface area contributed by atoms with Crippen LogP contribution in [-0.2, 0) is 4.79 Å². The third-order valence-corrected chi connectivity index (χ3v) is 6.83. The first-order valence-corrected chi connectivity index (χ1v) is 11.0. The van der Waals surface area contributed by atoms with Crippen LogP contribution in [0.3, 0.4) is 0 Å². The van der Waals surface area contributed by atoms with E-state index in [1.54, 1.807) is 32.7 Å². The van der Waals surface area contributed by atoms with Crippen LogP contribution in [0.25, 0.3) is 10.2 Å². The van der Waals surface area contributed by atoms with Gasteiger partial charge in [-0.2, -0.15) is 0 Å². The Labute approximate surface area is 185 Å². The van der Waals surface area contributed by atoms with Crippen LogP contribution >= 0.6 is 11.3 Å². The Hall–Kier alpha value is -2.84. The molecule has 3 aromatic rings. The van der Waals surface area contributed by atoms with E-state index in [1.807, 2.05) is 30.3 Å². The van der Waals surface area contributed by atoms with Gasteiger partial charge in [0, 0.05) is 12.1 Å². The summed E-state index contributed by atoms with van der Waals surface area (Å²) in [5, 5.41) is 10.5. The number of hydrogen-bond donors (Lipinski definition) is 1. The number of aromatic nitrogens is 1. The van der Waals surface area contributed by atoms with Crippen LogP contribution in [0, 0.1) is 5.92 Å². The summed E-state index contributed by atoms with van der Waals surface area (Å²) < 4.78 is 17.9. The fraction of sp³-hybridized carbons (Fsp3) is 0.391. The minimum absolute atomic E-state index is 0.255. The van der Waals surface area contributed by atoms with Gasteiger partial charge in [-0.1, -0.05) is 12.1 Å². The summed E-state index contributed by atoms with van der Waals surface area (Å²) in [5.74, 6) is 0.501. The molecule has 0 saturated carbocycles. The second-order valence-electron chi connectivity index (χ2n) is 7.52. The fourth-order valence-electron chi connectivity index (χ4n) is 4.28. The SMILES string of the molecule is COc1ccc(C(c2nc3ccccc3s2)N2CCCC(C(=O)O)C2)c(OC)c1OC. The number of para-hydroxylation sites is 1. The number of nitrogens with zero attached hydrogens (tertiary/aromatic N) is 2. The molecule has 1 aliphatic rings. The summed E-state index contributed by atoms with van der Waals surface area (Å²) in [7, 11) is 4.77. The van der Waals surface area contributed by atoms with Gasteiger partial charge in [0.1, 0.15) is 5.01 Å². The predicted octanol–water partition coefficient (Wildman–Crippen LogP) is 4.21. The van der Waals surface area contributed by atoms with Gasteiger partial charge < -0.3 is 19.3 Å². The van der Waals surface area contributed by atoms with Crippen molar-refractivity contribution in [3.05, 3.63) is 47.0 Å². The topological polar surface area (TPSA) is 81.1 Å². The zero-order valence-electron chi connectivity index (χ0n) is 17.8. The lowest BCUT2D eigenvalue weighted by Gasteiger charge is -2.37. The number of methoxy groups -OCH3 is 3. The van der Waals surface area contributed by atoms with E-state index in [0.29, 0.717) is 30.2 Å². The number of likely N-dealkylation sites (tertiary alicyclic amines) is 1. The average molecular weight is 443 g/mol. The Bertz CT molecular complexity index is 1050. The third-order valence-electron chi connectivity index (χ3n) is 5.74. The number of benzene rings is 2. The minimum atomic E-state index is -0.757. The summed E-state index contributed by atoms with van der Waals surface area (Å²) in [6.45, 7) is 1.23. The summed E-state index contributed by atoms with van der Waals surface area (Å²) in [6.07, 6.45) is 1.50. The van der Waals surface area contributed by atoms with E-state index in [4.69, 9.17) is 19.2 Å². The molecule has 164 valence electrons. The molecule has 0 spiro atoms. The molecule has 1 saturated heterocycles. The molecule has 2 aromatic carbocycles. The Morgan fingerprint density at radius 1 is 1.13 bits per heavy atom. The van der Waals surface area contributed by atoms with Crippen LogP contribution < -0.4 is 14.2 Å². The monoisotopic (exact) mass is 442 g/mol. The normalized spacial score (nSPS) is 18.0. The Morgan fingerprint density at radius 2 is 1.90 bits per heavy atom. The van der Waals surface area contributed by atoms with Gasteiger partial charge in [0.25, 0.3) is 0 Å². The van der Waals surface area contributed by atoms with Crippen molar-refractivity contribution in [2.24, 2.45) is 5.92 Å². The van der Waals surface area contributed by atoms with Crippen molar-refractivity contribution in [1.82, 2.24) is 9.88 Å². The number of carbonyl (C=O) groups is 1. The molecule has 0 amide bonds. The van der Waals surface area contributed by atoms with Crippen molar-refractivity contribution in [2.75, 3.05) is 34.4 Å². The Balaban J connectivity index is 1.87. The number of hydrogen-bond acceptors (Lipinski definition) is 7. The molecular formula is C23H26N2O5S. The average Bonchev–Trinajstić information content (AvgIpc) is 3.22. The molecule has 1 N–H and O–H groups in total. The predicted molar refractivity (Wildman–Crippen MR) is 119 cm³/mol. The highest BCUT2D eigenvalue weighted by Crippen LogP contribution is 2.47. The molecule has 2 unspecified atom stereocenters. The molecule has 1 aliphatic heterocycles. The Kier molecular flexibility index (Phi) is 6.29. The number of carboxylic acid groups (broad SMARTS) is 1. The molecule has 1 aromatic heterocycles. The lowest BCUT2D eigenvalue weighted by Crippen LogP contribution is -2.41. The van der Waals surface area contributed by atoms with Crippen LogP contribution in [-0.4, -0.2) is 55.4 Å². The maximum absolute atomic E-state index is 11.7. The molecule has 2 atom stereocenters. The largest absolute Gasteiger partial charge is 0.493 e. The first kappa shape index (κ1) is 21.4. The summed E-state index contributed by atoms with van der Waals surface area (Å²) >= 11 is 1.62. The molecule has 31 heavy (non-hydrogen) atoms. The van der Waals surface area contributed by atoms with Crippen LogP contribution in [0.15, 0.2) is 36.4 Å². The highest BCUT2D eigenvalue weighted by Gasteiger charge is 2.35. The number of carboxylic acids is 1. The smallest absolute Gasteiger partial charge is 0.307 e. The number of ether oxygens (including phenoxy) is 3. The number of aliphatic carboxylic acids is 1. The molecule has 2 heterocycles. The summed E-state index contributed by atoms with van der Waals surface area (Å²) in [6, 6.07) is 11.6. The van der Waals surface area contributed by atoms with E-state index in [1.165, 1.54) is 0 Å². The second-order valence-corrected chi connectivity index (χ2v) is 8.58. The van der Waals surface area contributed by atoms with Gasteiger partial charge >= 0.3 is 5.97 Å². The zero-order valence-corrected chi connectivity index (χ0v) is 18.6. The maximum Gasteiger partial charge on any atom is 0.307 e. The number of piperidine rings is 1. The molecular weight excluding hydrogens is 416 g/mol. The van der Waals surface area contributed by atoms with E-state index < -0.39 is 11.9 Å². The quantitative estimate of drug-likeness (QED) is 0.587. The fourth-order valence-corrected chi connectivity index (χ4v) is 5.40. The summed E-state index contributed by atoms with van der Waals surface area (Å²) in [4.78, 5) is 18.9. The van der Waals surface area contributed by atoms with E-state index in [-0.39, 0.29) is 6.04 Å².